The Hall–Kier alpha value is -1.59. The summed E-state index contributed by atoms with van der Waals surface area (Å²) >= 11 is 0. The van der Waals surface area contributed by atoms with Gasteiger partial charge >= 0.3 is 5.97 Å². The summed E-state index contributed by atoms with van der Waals surface area (Å²) in [4.78, 5) is 38.9. The van der Waals surface area contributed by atoms with Gasteiger partial charge in [-0.1, -0.05) is 6.92 Å². The number of carbonyl (C=O) groups excluding carboxylic acids is 2. The minimum atomic E-state index is -0.897. The third-order valence-corrected chi connectivity index (χ3v) is 4.42. The van der Waals surface area contributed by atoms with E-state index in [-0.39, 0.29) is 24.3 Å². The molecule has 2 fully saturated rings. The van der Waals surface area contributed by atoms with Crippen molar-refractivity contribution in [3.05, 3.63) is 0 Å². The van der Waals surface area contributed by atoms with Crippen LogP contribution in [-0.2, 0) is 14.4 Å². The van der Waals surface area contributed by atoms with Crippen molar-refractivity contribution in [1.29, 1.82) is 0 Å². The van der Waals surface area contributed by atoms with Gasteiger partial charge in [0.05, 0.1) is 18.4 Å². The molecule has 0 radical (unpaired) electrons. The van der Waals surface area contributed by atoms with Crippen LogP contribution < -0.4 is 0 Å². The molecule has 1 saturated carbocycles. The summed E-state index contributed by atoms with van der Waals surface area (Å²) in [5.74, 6) is -1.96. The number of aliphatic carboxylic acids is 1. The van der Waals surface area contributed by atoms with Gasteiger partial charge in [-0.25, -0.2) is 0 Å². The van der Waals surface area contributed by atoms with Gasteiger partial charge in [-0.15, -0.1) is 0 Å². The maximum Gasteiger partial charge on any atom is 0.307 e. The molecule has 1 heterocycles. The average molecular weight is 282 g/mol. The van der Waals surface area contributed by atoms with Crippen LogP contribution in [0.3, 0.4) is 0 Å². The summed E-state index contributed by atoms with van der Waals surface area (Å²) in [6.07, 6.45) is 1.90. The quantitative estimate of drug-likeness (QED) is 0.796. The Morgan fingerprint density at radius 3 is 2.50 bits per heavy atom. The van der Waals surface area contributed by atoms with Gasteiger partial charge in [0.15, 0.2) is 0 Å². The molecule has 3 atom stereocenters. The van der Waals surface area contributed by atoms with Crippen molar-refractivity contribution in [2.45, 2.75) is 26.2 Å². The van der Waals surface area contributed by atoms with Crippen molar-refractivity contribution in [3.63, 3.8) is 0 Å². The standard InChI is InChI=1S/C14H22N2O4/c1-9-6-10(11(7-9)14(19)20)13(18)16-5-3-4-15(2)12(17)8-16/h9-11H,3-8H2,1-2H3,(H,19,20). The lowest BCUT2D eigenvalue weighted by molar-refractivity contribution is -0.149. The second-order valence-electron chi connectivity index (χ2n) is 6.06. The van der Waals surface area contributed by atoms with E-state index in [1.807, 2.05) is 6.92 Å². The van der Waals surface area contributed by atoms with Crippen LogP contribution in [0.25, 0.3) is 0 Å². The molecule has 6 heteroatoms. The number of carboxylic acids is 1. The monoisotopic (exact) mass is 282 g/mol. The summed E-state index contributed by atoms with van der Waals surface area (Å²) in [7, 11) is 1.73. The van der Waals surface area contributed by atoms with Crippen molar-refractivity contribution in [1.82, 2.24) is 9.80 Å². The fraction of sp³-hybridized carbons (Fsp3) is 0.786. The van der Waals surface area contributed by atoms with Gasteiger partial charge in [0.25, 0.3) is 0 Å². The number of hydrogen-bond acceptors (Lipinski definition) is 3. The second kappa shape index (κ2) is 5.81. The summed E-state index contributed by atoms with van der Waals surface area (Å²) in [5.41, 5.74) is 0. The second-order valence-corrected chi connectivity index (χ2v) is 6.06. The first-order chi connectivity index (χ1) is 9.40. The topological polar surface area (TPSA) is 77.9 Å². The van der Waals surface area contributed by atoms with E-state index in [1.165, 1.54) is 0 Å². The maximum atomic E-state index is 12.6. The van der Waals surface area contributed by atoms with E-state index in [4.69, 9.17) is 0 Å². The lowest BCUT2D eigenvalue weighted by atomic mass is 9.94. The first-order valence-corrected chi connectivity index (χ1v) is 7.15. The van der Waals surface area contributed by atoms with Gasteiger partial charge in [-0.05, 0) is 25.2 Å². The highest BCUT2D eigenvalue weighted by Crippen LogP contribution is 2.37. The van der Waals surface area contributed by atoms with Crippen molar-refractivity contribution in [3.8, 4) is 0 Å². The number of rotatable bonds is 2. The molecule has 3 unspecified atom stereocenters. The van der Waals surface area contributed by atoms with Gasteiger partial charge in [-0.3, -0.25) is 14.4 Å². The van der Waals surface area contributed by atoms with Gasteiger partial charge < -0.3 is 14.9 Å². The zero-order chi connectivity index (χ0) is 14.9. The molecule has 1 N–H and O–H groups in total. The Bertz CT molecular complexity index is 423. The van der Waals surface area contributed by atoms with E-state index in [2.05, 4.69) is 0 Å². The molecule has 2 aliphatic rings. The number of nitrogens with zero attached hydrogens (tertiary/aromatic N) is 2. The molecule has 0 bridgehead atoms. The van der Waals surface area contributed by atoms with E-state index in [0.717, 1.165) is 6.42 Å². The molecule has 0 spiro atoms. The van der Waals surface area contributed by atoms with Gasteiger partial charge in [-0.2, -0.15) is 0 Å². The minimum Gasteiger partial charge on any atom is -0.481 e. The number of likely N-dealkylation sites (N-methyl/N-ethyl adjacent to an activating group) is 1. The van der Waals surface area contributed by atoms with Crippen molar-refractivity contribution >= 4 is 17.8 Å². The normalized spacial score (nSPS) is 31.3. The van der Waals surface area contributed by atoms with Gasteiger partial charge in [0.2, 0.25) is 11.8 Å². The third-order valence-electron chi connectivity index (χ3n) is 4.42. The Labute approximate surface area is 118 Å². The predicted octanol–water partition coefficient (Wildman–Crippen LogP) is 0.424. The fourth-order valence-corrected chi connectivity index (χ4v) is 3.25. The lowest BCUT2D eigenvalue weighted by Gasteiger charge is -2.25. The fourth-order valence-electron chi connectivity index (χ4n) is 3.25. The van der Waals surface area contributed by atoms with Crippen LogP contribution in [0.5, 0.6) is 0 Å². The molecule has 0 aromatic rings. The first kappa shape index (κ1) is 14.8. The highest BCUT2D eigenvalue weighted by molar-refractivity contribution is 5.89. The van der Waals surface area contributed by atoms with E-state index in [9.17, 15) is 19.5 Å². The third kappa shape index (κ3) is 2.94. The molecule has 20 heavy (non-hydrogen) atoms. The SMILES string of the molecule is CC1CC(C(=O)O)C(C(=O)N2CCCN(C)C(=O)C2)C1. The van der Waals surface area contributed by atoms with Crippen molar-refractivity contribution < 1.29 is 19.5 Å². The van der Waals surface area contributed by atoms with Crippen LogP contribution >= 0.6 is 0 Å². The Kier molecular flexibility index (Phi) is 4.30. The highest BCUT2D eigenvalue weighted by atomic mass is 16.4. The largest absolute Gasteiger partial charge is 0.481 e. The summed E-state index contributed by atoms with van der Waals surface area (Å²) in [6, 6.07) is 0. The Morgan fingerprint density at radius 1 is 1.20 bits per heavy atom. The van der Waals surface area contributed by atoms with Crippen LogP contribution in [-0.4, -0.2) is 59.4 Å². The van der Waals surface area contributed by atoms with Crippen LogP contribution in [0.1, 0.15) is 26.2 Å². The molecule has 0 aromatic carbocycles. The minimum absolute atomic E-state index is 0.0752. The van der Waals surface area contributed by atoms with E-state index < -0.39 is 17.8 Å². The summed E-state index contributed by atoms with van der Waals surface area (Å²) in [6.45, 7) is 3.23. The van der Waals surface area contributed by atoms with Crippen LogP contribution in [0.2, 0.25) is 0 Å². The number of hydrogen-bond donors (Lipinski definition) is 1. The first-order valence-electron chi connectivity index (χ1n) is 7.15. The summed E-state index contributed by atoms with van der Waals surface area (Å²) in [5, 5.41) is 9.25. The summed E-state index contributed by atoms with van der Waals surface area (Å²) < 4.78 is 0. The number of carbonyl (C=O) groups is 3. The highest BCUT2D eigenvalue weighted by Gasteiger charge is 2.43. The molecular weight excluding hydrogens is 260 g/mol. The zero-order valence-electron chi connectivity index (χ0n) is 12.0. The molecule has 1 aliphatic carbocycles. The molecular formula is C14H22N2O4. The molecule has 1 saturated heterocycles. The number of amides is 2. The van der Waals surface area contributed by atoms with Crippen molar-refractivity contribution in [2.75, 3.05) is 26.7 Å². The molecule has 6 nitrogen and oxygen atoms in total. The zero-order valence-corrected chi connectivity index (χ0v) is 12.0. The predicted molar refractivity (Wildman–Crippen MR) is 71.8 cm³/mol. The Balaban J connectivity index is 2.09. The van der Waals surface area contributed by atoms with Crippen molar-refractivity contribution in [2.24, 2.45) is 17.8 Å². The smallest absolute Gasteiger partial charge is 0.307 e. The van der Waals surface area contributed by atoms with Gasteiger partial charge in [0.1, 0.15) is 0 Å². The van der Waals surface area contributed by atoms with Crippen LogP contribution in [0.15, 0.2) is 0 Å². The molecule has 2 amide bonds. The van der Waals surface area contributed by atoms with E-state index in [1.54, 1.807) is 16.8 Å². The maximum absolute atomic E-state index is 12.6. The number of carboxylic acid groups (broad SMARTS) is 1. The van der Waals surface area contributed by atoms with Crippen LogP contribution in [0, 0.1) is 17.8 Å². The Morgan fingerprint density at radius 2 is 1.85 bits per heavy atom. The molecule has 112 valence electrons. The lowest BCUT2D eigenvalue weighted by Crippen LogP contribution is -2.43. The molecule has 2 rings (SSSR count). The van der Waals surface area contributed by atoms with Crippen LogP contribution in [0.4, 0.5) is 0 Å². The molecule has 1 aliphatic heterocycles. The van der Waals surface area contributed by atoms with E-state index >= 15 is 0 Å². The van der Waals surface area contributed by atoms with Gasteiger partial charge in [0, 0.05) is 20.1 Å². The average Bonchev–Trinajstić information content (AvgIpc) is 2.70. The van der Waals surface area contributed by atoms with E-state index in [0.29, 0.717) is 25.9 Å². The molecule has 0 aromatic heterocycles.